The number of amides is 1. The number of hydrazine groups is 1. The van der Waals surface area contributed by atoms with Gasteiger partial charge in [-0.25, -0.2) is 4.79 Å². The van der Waals surface area contributed by atoms with Gasteiger partial charge in [-0.2, -0.15) is 0 Å². The highest BCUT2D eigenvalue weighted by atomic mass is 16.7. The van der Waals surface area contributed by atoms with Crippen molar-refractivity contribution >= 4 is 17.5 Å². The molecule has 0 spiro atoms. The standard InChI is InChI=1S/C14H19N5O8/c1-9(2)16(13(20)26-14(3,4)5)19(25)15-27-12-7-6-10(17(21)22)8-11(12)18(23)24/h6-9H,1-5H3/b19-15-. The van der Waals surface area contributed by atoms with E-state index < -0.39 is 44.7 Å². The summed E-state index contributed by atoms with van der Waals surface area (Å²) in [6, 6.07) is 1.85. The molecule has 0 saturated carbocycles. The maximum atomic E-state index is 12.1. The zero-order valence-corrected chi connectivity index (χ0v) is 15.3. The second kappa shape index (κ2) is 8.25. The summed E-state index contributed by atoms with van der Waals surface area (Å²) in [7, 11) is 0. The van der Waals surface area contributed by atoms with Crippen molar-refractivity contribution in [3.63, 3.8) is 0 Å². The van der Waals surface area contributed by atoms with Gasteiger partial charge < -0.3 is 9.94 Å². The molecule has 13 heteroatoms. The van der Waals surface area contributed by atoms with Crippen LogP contribution in [0.1, 0.15) is 34.6 Å². The van der Waals surface area contributed by atoms with E-state index in [2.05, 4.69) is 5.28 Å². The van der Waals surface area contributed by atoms with Crippen LogP contribution in [-0.2, 0) is 4.74 Å². The van der Waals surface area contributed by atoms with Crippen LogP contribution in [0, 0.1) is 25.4 Å². The maximum absolute atomic E-state index is 12.1. The minimum absolute atomic E-state index is 0.218. The van der Waals surface area contributed by atoms with Crippen LogP contribution in [-0.4, -0.2) is 37.6 Å². The summed E-state index contributed by atoms with van der Waals surface area (Å²) in [6.07, 6.45) is -1.00. The first-order valence-electron chi connectivity index (χ1n) is 7.63. The molecule has 1 amide bonds. The van der Waals surface area contributed by atoms with Gasteiger partial charge in [0.05, 0.1) is 26.9 Å². The summed E-state index contributed by atoms with van der Waals surface area (Å²) < 4.78 is 5.08. The number of ether oxygens (including phenoxy) is 1. The first-order valence-corrected chi connectivity index (χ1v) is 7.63. The van der Waals surface area contributed by atoms with Crippen LogP contribution in [0.4, 0.5) is 16.2 Å². The van der Waals surface area contributed by atoms with Gasteiger partial charge in [-0.05, 0) is 45.7 Å². The number of nitro benzene ring substituents is 2. The zero-order chi connectivity index (χ0) is 20.9. The zero-order valence-electron chi connectivity index (χ0n) is 15.3. The van der Waals surface area contributed by atoms with E-state index >= 15 is 0 Å². The second-order valence-electron chi connectivity index (χ2n) is 6.51. The van der Waals surface area contributed by atoms with Crippen LogP contribution in [0.25, 0.3) is 0 Å². The van der Waals surface area contributed by atoms with E-state index in [9.17, 15) is 30.2 Å². The van der Waals surface area contributed by atoms with Crippen molar-refractivity contribution in [3.05, 3.63) is 43.6 Å². The quantitative estimate of drug-likeness (QED) is 0.311. The number of nitro groups is 2. The molecule has 0 aliphatic heterocycles. The predicted molar refractivity (Wildman–Crippen MR) is 89.6 cm³/mol. The van der Waals surface area contributed by atoms with Gasteiger partial charge in [0, 0.05) is 6.07 Å². The largest absolute Gasteiger partial charge is 0.568 e. The summed E-state index contributed by atoms with van der Waals surface area (Å²) >= 11 is 0. The van der Waals surface area contributed by atoms with Crippen LogP contribution < -0.4 is 4.84 Å². The fourth-order valence-electron chi connectivity index (χ4n) is 1.74. The Bertz CT molecular complexity index is 771. The molecule has 1 aromatic rings. The topological polar surface area (TPSA) is 163 Å². The molecule has 0 aliphatic carbocycles. The van der Waals surface area contributed by atoms with Gasteiger partial charge >= 0.3 is 11.8 Å². The van der Waals surface area contributed by atoms with E-state index in [-0.39, 0.29) is 4.97 Å². The predicted octanol–water partition coefficient (Wildman–Crippen LogP) is 3.32. The molecule has 0 heterocycles. The van der Waals surface area contributed by atoms with E-state index in [1.807, 2.05) is 0 Å². The number of rotatable bonds is 6. The van der Waals surface area contributed by atoms with Crippen molar-refractivity contribution in [1.82, 2.24) is 5.01 Å². The molecule has 0 aromatic heterocycles. The highest BCUT2D eigenvalue weighted by Gasteiger charge is 2.32. The normalized spacial score (nSPS) is 11.9. The first-order chi connectivity index (χ1) is 12.3. The van der Waals surface area contributed by atoms with Crippen molar-refractivity contribution in [1.29, 1.82) is 0 Å². The van der Waals surface area contributed by atoms with Gasteiger partial charge in [-0.1, -0.05) is 0 Å². The third kappa shape index (κ3) is 6.05. The number of non-ortho nitro benzene ring substituents is 1. The lowest BCUT2D eigenvalue weighted by Gasteiger charge is -2.24. The highest BCUT2D eigenvalue weighted by molar-refractivity contribution is 5.66. The fourth-order valence-corrected chi connectivity index (χ4v) is 1.74. The summed E-state index contributed by atoms with van der Waals surface area (Å²) in [5.74, 6) is -0.514. The number of hydrogen-bond donors (Lipinski definition) is 0. The van der Waals surface area contributed by atoms with Crippen molar-refractivity contribution in [3.8, 4) is 5.75 Å². The molecule has 0 fully saturated rings. The van der Waals surface area contributed by atoms with Gasteiger partial charge in [0.2, 0.25) is 11.0 Å². The van der Waals surface area contributed by atoms with Crippen LogP contribution in [0.2, 0.25) is 0 Å². The van der Waals surface area contributed by atoms with E-state index in [1.54, 1.807) is 20.8 Å². The minimum Gasteiger partial charge on any atom is -0.568 e. The maximum Gasteiger partial charge on any atom is 0.467 e. The lowest BCUT2D eigenvalue weighted by molar-refractivity contribution is -0.695. The Morgan fingerprint density at radius 2 is 1.74 bits per heavy atom. The molecule has 0 aliphatic rings. The van der Waals surface area contributed by atoms with E-state index in [1.165, 1.54) is 13.8 Å². The Balaban J connectivity index is 3.13. The second-order valence-corrected chi connectivity index (χ2v) is 6.51. The summed E-state index contributed by atoms with van der Waals surface area (Å²) in [4.78, 5) is 36.6. The summed E-state index contributed by atoms with van der Waals surface area (Å²) in [6.45, 7) is 7.84. The van der Waals surface area contributed by atoms with E-state index in [4.69, 9.17) is 9.57 Å². The van der Waals surface area contributed by atoms with Crippen molar-refractivity contribution in [2.24, 2.45) is 5.28 Å². The van der Waals surface area contributed by atoms with Crippen molar-refractivity contribution in [2.45, 2.75) is 46.3 Å². The van der Waals surface area contributed by atoms with Gasteiger partial charge in [0.25, 0.3) is 5.69 Å². The van der Waals surface area contributed by atoms with Gasteiger partial charge in [0.15, 0.2) is 0 Å². The molecule has 0 saturated heterocycles. The average molecular weight is 385 g/mol. The van der Waals surface area contributed by atoms with Crippen molar-refractivity contribution < 1.29 is 29.2 Å². The molecular weight excluding hydrogens is 366 g/mol. The molecule has 0 N–H and O–H groups in total. The Morgan fingerprint density at radius 3 is 2.19 bits per heavy atom. The molecule has 0 bridgehead atoms. The number of nitrogens with zero attached hydrogens (tertiary/aromatic N) is 5. The Hall–Kier alpha value is -3.51. The SMILES string of the molecule is CC(C)N(C(=O)OC(C)(C)C)/[N+]([O-])=N/Oc1ccc([N+](=O)[O-])cc1[N+](=O)[O-]. The van der Waals surface area contributed by atoms with Crippen molar-refractivity contribution in [2.75, 3.05) is 0 Å². The van der Waals surface area contributed by atoms with Gasteiger partial charge in [-0.15, -0.1) is 0 Å². The lowest BCUT2D eigenvalue weighted by Crippen LogP contribution is -2.45. The molecule has 148 valence electrons. The molecule has 0 radical (unpaired) electrons. The van der Waals surface area contributed by atoms with E-state index in [0.717, 1.165) is 12.1 Å². The molecular formula is C14H19N5O8. The lowest BCUT2D eigenvalue weighted by atomic mass is 10.2. The number of carbonyl (C=O) groups excluding carboxylic acids is 1. The monoisotopic (exact) mass is 385 g/mol. The average Bonchev–Trinajstić information content (AvgIpc) is 2.50. The van der Waals surface area contributed by atoms with E-state index in [0.29, 0.717) is 11.1 Å². The van der Waals surface area contributed by atoms with Crippen LogP contribution in [0.3, 0.4) is 0 Å². The van der Waals surface area contributed by atoms with Crippen LogP contribution in [0.5, 0.6) is 5.75 Å². The third-order valence-corrected chi connectivity index (χ3v) is 2.81. The molecule has 27 heavy (non-hydrogen) atoms. The number of hydrogen-bond acceptors (Lipinski definition) is 9. The smallest absolute Gasteiger partial charge is 0.467 e. The fraction of sp³-hybridized carbons (Fsp3) is 0.500. The molecule has 0 unspecified atom stereocenters. The molecule has 1 rings (SSSR count). The van der Waals surface area contributed by atoms with Gasteiger partial charge in [-0.3, -0.25) is 25.1 Å². The number of carbonyl (C=O) groups is 1. The minimum atomic E-state index is -1.00. The first kappa shape index (κ1) is 21.5. The van der Waals surface area contributed by atoms with Crippen LogP contribution >= 0.6 is 0 Å². The Labute approximate surface area is 153 Å². The Kier molecular flexibility index (Phi) is 6.58. The molecule has 1 aromatic carbocycles. The molecule has 13 nitrogen and oxygen atoms in total. The van der Waals surface area contributed by atoms with Gasteiger partial charge in [0.1, 0.15) is 5.60 Å². The third-order valence-electron chi connectivity index (χ3n) is 2.81. The Morgan fingerprint density at radius 1 is 1.15 bits per heavy atom. The summed E-state index contributed by atoms with van der Waals surface area (Å²) in [5, 5.41) is 37.6. The molecule has 0 atom stereocenters. The summed E-state index contributed by atoms with van der Waals surface area (Å²) in [5.41, 5.74) is -2.18. The highest BCUT2D eigenvalue weighted by Crippen LogP contribution is 2.31. The van der Waals surface area contributed by atoms with Crippen LogP contribution in [0.15, 0.2) is 23.5 Å². The number of benzene rings is 1.